The Kier molecular flexibility index (Phi) is 6.90. The summed E-state index contributed by atoms with van der Waals surface area (Å²) >= 11 is 11.7. The number of halogens is 2. The van der Waals surface area contributed by atoms with Crippen molar-refractivity contribution in [3.63, 3.8) is 0 Å². The molecule has 1 aromatic rings. The van der Waals surface area contributed by atoms with Crippen LogP contribution in [0.1, 0.15) is 25.7 Å². The van der Waals surface area contributed by atoms with E-state index in [-0.39, 0.29) is 12.4 Å². The first-order valence-corrected chi connectivity index (χ1v) is 8.53. The summed E-state index contributed by atoms with van der Waals surface area (Å²) < 4.78 is 5.24. The summed E-state index contributed by atoms with van der Waals surface area (Å²) in [5, 5.41) is 9.89. The van der Waals surface area contributed by atoms with Gasteiger partial charge in [-0.15, -0.1) is 0 Å². The molecule has 0 spiro atoms. The monoisotopic (exact) mass is 388 g/mol. The zero-order valence-corrected chi connectivity index (χ0v) is 14.8. The summed E-state index contributed by atoms with van der Waals surface area (Å²) in [6.07, 6.45) is 2.50. The van der Waals surface area contributed by atoms with Crippen LogP contribution in [0.4, 0.5) is 0 Å². The molecule has 0 aliphatic heterocycles. The van der Waals surface area contributed by atoms with Gasteiger partial charge in [-0.25, -0.2) is 0 Å². The first-order valence-electron chi connectivity index (χ1n) is 7.78. The Morgan fingerprint density at radius 1 is 1.12 bits per heavy atom. The van der Waals surface area contributed by atoms with Gasteiger partial charge in [0.05, 0.1) is 16.9 Å². The van der Waals surface area contributed by atoms with Crippen LogP contribution in [0.2, 0.25) is 10.0 Å². The van der Waals surface area contributed by atoms with E-state index < -0.39 is 29.6 Å². The summed E-state index contributed by atoms with van der Waals surface area (Å²) in [5.41, 5.74) is 4.47. The fraction of sp³-hybridized carbons (Fsp3) is 0.438. The van der Waals surface area contributed by atoms with Crippen LogP contribution in [0.25, 0.3) is 0 Å². The zero-order valence-electron chi connectivity index (χ0n) is 13.3. The molecule has 1 aromatic carbocycles. The van der Waals surface area contributed by atoms with Gasteiger partial charge >= 0.3 is 5.97 Å². The number of ether oxygens (including phenoxy) is 1. The Labute approximate surface area is 154 Å². The number of aliphatic carboxylic acids is 1. The van der Waals surface area contributed by atoms with Crippen LogP contribution in [-0.2, 0) is 14.4 Å². The molecule has 2 atom stereocenters. The predicted molar refractivity (Wildman–Crippen MR) is 91.3 cm³/mol. The van der Waals surface area contributed by atoms with Crippen LogP contribution in [-0.4, -0.2) is 29.5 Å². The number of hydrazine groups is 1. The molecule has 0 saturated heterocycles. The van der Waals surface area contributed by atoms with E-state index in [2.05, 4.69) is 10.9 Å². The standard InChI is InChI=1S/C16H18Cl2N2O5/c17-9-5-6-12(18)13(7-9)25-8-14(21)19-20-15(22)10-3-1-2-4-11(10)16(23)24/h5-7,10-11H,1-4,8H2,(H,19,21)(H,20,22)(H,23,24). The van der Waals surface area contributed by atoms with E-state index in [0.717, 1.165) is 12.8 Å². The molecule has 2 unspecified atom stereocenters. The highest BCUT2D eigenvalue weighted by atomic mass is 35.5. The molecule has 1 aliphatic carbocycles. The molecular weight excluding hydrogens is 371 g/mol. The molecule has 1 saturated carbocycles. The number of carboxylic acids is 1. The molecule has 9 heteroatoms. The summed E-state index contributed by atoms with van der Waals surface area (Å²) in [4.78, 5) is 35.1. The first-order chi connectivity index (χ1) is 11.9. The van der Waals surface area contributed by atoms with E-state index in [1.165, 1.54) is 12.1 Å². The maximum Gasteiger partial charge on any atom is 0.307 e. The normalized spacial score (nSPS) is 19.8. The molecule has 2 rings (SSSR count). The Hall–Kier alpha value is -1.99. The van der Waals surface area contributed by atoms with Crippen molar-refractivity contribution in [1.29, 1.82) is 0 Å². The van der Waals surface area contributed by atoms with Gasteiger partial charge in [0.2, 0.25) is 5.91 Å². The fourth-order valence-corrected chi connectivity index (χ4v) is 3.07. The molecule has 1 aliphatic rings. The van der Waals surface area contributed by atoms with Crippen molar-refractivity contribution in [1.82, 2.24) is 10.9 Å². The summed E-state index contributed by atoms with van der Waals surface area (Å²) in [6, 6.07) is 4.59. The molecule has 136 valence electrons. The maximum absolute atomic E-state index is 12.1. The molecule has 3 N–H and O–H groups in total. The highest BCUT2D eigenvalue weighted by Crippen LogP contribution is 2.30. The number of carbonyl (C=O) groups is 3. The molecule has 0 heterocycles. The third-order valence-electron chi connectivity index (χ3n) is 4.00. The van der Waals surface area contributed by atoms with E-state index in [0.29, 0.717) is 22.9 Å². The van der Waals surface area contributed by atoms with Gasteiger partial charge in [0, 0.05) is 11.1 Å². The first kappa shape index (κ1) is 19.3. The highest BCUT2D eigenvalue weighted by molar-refractivity contribution is 6.34. The number of carbonyl (C=O) groups excluding carboxylic acids is 2. The van der Waals surface area contributed by atoms with Crippen molar-refractivity contribution >= 4 is 41.0 Å². The fourth-order valence-electron chi connectivity index (χ4n) is 2.73. The number of carboxylic acid groups (broad SMARTS) is 1. The summed E-state index contributed by atoms with van der Waals surface area (Å²) in [7, 11) is 0. The quantitative estimate of drug-likeness (QED) is 0.671. The van der Waals surface area contributed by atoms with Crippen LogP contribution >= 0.6 is 23.2 Å². The minimum Gasteiger partial charge on any atom is -0.482 e. The van der Waals surface area contributed by atoms with Gasteiger partial charge in [-0.2, -0.15) is 0 Å². The highest BCUT2D eigenvalue weighted by Gasteiger charge is 2.35. The van der Waals surface area contributed by atoms with Crippen molar-refractivity contribution < 1.29 is 24.2 Å². The minimum atomic E-state index is -0.995. The minimum absolute atomic E-state index is 0.244. The van der Waals surface area contributed by atoms with Crippen LogP contribution in [0.5, 0.6) is 5.75 Å². The molecule has 2 amide bonds. The second-order valence-corrected chi connectivity index (χ2v) is 6.58. The van der Waals surface area contributed by atoms with Gasteiger partial charge in [0.25, 0.3) is 5.91 Å². The second-order valence-electron chi connectivity index (χ2n) is 5.74. The van der Waals surface area contributed by atoms with E-state index in [1.54, 1.807) is 6.07 Å². The van der Waals surface area contributed by atoms with E-state index in [9.17, 15) is 19.5 Å². The topological polar surface area (TPSA) is 105 Å². The van der Waals surface area contributed by atoms with Crippen molar-refractivity contribution in [2.24, 2.45) is 11.8 Å². The summed E-state index contributed by atoms with van der Waals surface area (Å²) in [6.45, 7) is -0.382. The third kappa shape index (κ3) is 5.51. The van der Waals surface area contributed by atoms with Crippen molar-refractivity contribution in [3.05, 3.63) is 28.2 Å². The van der Waals surface area contributed by atoms with Crippen LogP contribution in [0, 0.1) is 11.8 Å². The maximum atomic E-state index is 12.1. The largest absolute Gasteiger partial charge is 0.482 e. The average molecular weight is 389 g/mol. The smallest absolute Gasteiger partial charge is 0.307 e. The Bertz CT molecular complexity index is 668. The van der Waals surface area contributed by atoms with E-state index in [4.69, 9.17) is 27.9 Å². The second kappa shape index (κ2) is 8.92. The molecule has 0 bridgehead atoms. The third-order valence-corrected chi connectivity index (χ3v) is 4.54. The van der Waals surface area contributed by atoms with Crippen molar-refractivity contribution in [3.8, 4) is 5.75 Å². The number of rotatable bonds is 5. The number of nitrogens with one attached hydrogen (secondary N) is 2. The SMILES string of the molecule is O=C(COc1cc(Cl)ccc1Cl)NNC(=O)C1CCCCC1C(=O)O. The van der Waals surface area contributed by atoms with Crippen molar-refractivity contribution in [2.45, 2.75) is 25.7 Å². The van der Waals surface area contributed by atoms with Gasteiger partial charge in [-0.3, -0.25) is 25.2 Å². The number of hydrogen-bond donors (Lipinski definition) is 3. The lowest BCUT2D eigenvalue weighted by molar-refractivity contribution is -0.149. The number of amides is 2. The molecule has 0 radical (unpaired) electrons. The molecule has 7 nitrogen and oxygen atoms in total. The Balaban J connectivity index is 1.81. The van der Waals surface area contributed by atoms with Crippen LogP contribution in [0.15, 0.2) is 18.2 Å². The number of hydrogen-bond acceptors (Lipinski definition) is 4. The van der Waals surface area contributed by atoms with Gasteiger partial charge in [0.1, 0.15) is 5.75 Å². The lowest BCUT2D eigenvalue weighted by atomic mass is 9.79. The van der Waals surface area contributed by atoms with E-state index in [1.807, 2.05) is 0 Å². The van der Waals surface area contributed by atoms with Crippen molar-refractivity contribution in [2.75, 3.05) is 6.61 Å². The lowest BCUT2D eigenvalue weighted by Crippen LogP contribution is -2.49. The van der Waals surface area contributed by atoms with Gasteiger partial charge < -0.3 is 9.84 Å². The van der Waals surface area contributed by atoms with Gasteiger partial charge in [-0.05, 0) is 25.0 Å². The lowest BCUT2D eigenvalue weighted by Gasteiger charge is -2.27. The van der Waals surface area contributed by atoms with Gasteiger partial charge in [-0.1, -0.05) is 36.0 Å². The summed E-state index contributed by atoms with van der Waals surface area (Å²) in [5.74, 6) is -3.26. The Morgan fingerprint density at radius 2 is 1.80 bits per heavy atom. The van der Waals surface area contributed by atoms with Gasteiger partial charge in [0.15, 0.2) is 6.61 Å². The Morgan fingerprint density at radius 3 is 2.48 bits per heavy atom. The van der Waals surface area contributed by atoms with Crippen LogP contribution < -0.4 is 15.6 Å². The van der Waals surface area contributed by atoms with E-state index >= 15 is 0 Å². The molecule has 1 fully saturated rings. The van der Waals surface area contributed by atoms with Crippen LogP contribution in [0.3, 0.4) is 0 Å². The molecule has 0 aromatic heterocycles. The molecule has 25 heavy (non-hydrogen) atoms. The number of benzene rings is 1. The zero-order chi connectivity index (χ0) is 18.4. The average Bonchev–Trinajstić information content (AvgIpc) is 2.60. The predicted octanol–water partition coefficient (Wildman–Crippen LogP) is 2.41. The molecular formula is C16H18Cl2N2O5.